The van der Waals surface area contributed by atoms with E-state index in [2.05, 4.69) is 45.1 Å². The van der Waals surface area contributed by atoms with Crippen molar-refractivity contribution in [3.8, 4) is 0 Å². The Hall–Kier alpha value is -0.340. The van der Waals surface area contributed by atoms with Crippen LogP contribution in [-0.2, 0) is 0 Å². The lowest BCUT2D eigenvalue weighted by Crippen LogP contribution is -2.56. The van der Waals surface area contributed by atoms with Gasteiger partial charge < -0.3 is 5.32 Å². The Balaban J connectivity index is 2.07. The van der Waals surface area contributed by atoms with Crippen LogP contribution in [0, 0.1) is 12.3 Å². The van der Waals surface area contributed by atoms with Gasteiger partial charge in [0, 0.05) is 21.7 Å². The maximum Gasteiger partial charge on any atom is 0.0133 e. The van der Waals surface area contributed by atoms with Crippen molar-refractivity contribution < 1.29 is 0 Å². The smallest absolute Gasteiger partial charge is 0.0133 e. The molecule has 1 aliphatic carbocycles. The SMILES string of the molecule is CCCNC1CC(c2ccc(C)s2)C1(C)CC. The maximum atomic E-state index is 3.72. The standard InChI is InChI=1S/C15H25NS/c1-5-9-16-14-10-12(15(14,4)6-2)13-8-7-11(3)17-13/h7-8,12,14,16H,5-6,9-10H2,1-4H3. The predicted octanol–water partition coefficient (Wildman–Crippen LogP) is 4.33. The molecule has 2 rings (SSSR count). The summed E-state index contributed by atoms with van der Waals surface area (Å²) in [6, 6.07) is 5.33. The van der Waals surface area contributed by atoms with E-state index in [9.17, 15) is 0 Å². The molecule has 1 N–H and O–H groups in total. The van der Waals surface area contributed by atoms with Crippen molar-refractivity contribution in [2.24, 2.45) is 5.41 Å². The van der Waals surface area contributed by atoms with Crippen molar-refractivity contribution in [3.63, 3.8) is 0 Å². The molecule has 1 fully saturated rings. The summed E-state index contributed by atoms with van der Waals surface area (Å²) >= 11 is 1.99. The lowest BCUT2D eigenvalue weighted by Gasteiger charge is -2.54. The van der Waals surface area contributed by atoms with Gasteiger partial charge in [-0.3, -0.25) is 0 Å². The molecule has 0 amide bonds. The largest absolute Gasteiger partial charge is 0.313 e. The molecule has 3 unspecified atom stereocenters. The second kappa shape index (κ2) is 5.11. The summed E-state index contributed by atoms with van der Waals surface area (Å²) in [5, 5.41) is 3.72. The van der Waals surface area contributed by atoms with Crippen molar-refractivity contribution in [3.05, 3.63) is 21.9 Å². The molecule has 0 aromatic carbocycles. The van der Waals surface area contributed by atoms with Gasteiger partial charge in [0.2, 0.25) is 0 Å². The zero-order chi connectivity index (χ0) is 12.5. The maximum absolute atomic E-state index is 3.72. The van der Waals surface area contributed by atoms with E-state index in [-0.39, 0.29) is 0 Å². The molecular weight excluding hydrogens is 226 g/mol. The van der Waals surface area contributed by atoms with E-state index in [0.29, 0.717) is 5.41 Å². The van der Waals surface area contributed by atoms with E-state index in [1.165, 1.54) is 24.1 Å². The Bertz CT molecular complexity index is 371. The average molecular weight is 251 g/mol. The van der Waals surface area contributed by atoms with Gasteiger partial charge in [-0.15, -0.1) is 11.3 Å². The summed E-state index contributed by atoms with van der Waals surface area (Å²) in [6.45, 7) is 10.4. The van der Waals surface area contributed by atoms with Crippen molar-refractivity contribution in [1.82, 2.24) is 5.32 Å². The fourth-order valence-corrected chi connectivity index (χ4v) is 4.22. The summed E-state index contributed by atoms with van der Waals surface area (Å²) in [4.78, 5) is 3.05. The molecule has 0 bridgehead atoms. The molecule has 1 aromatic heterocycles. The predicted molar refractivity (Wildman–Crippen MR) is 76.9 cm³/mol. The van der Waals surface area contributed by atoms with Gasteiger partial charge in [-0.2, -0.15) is 0 Å². The molecule has 0 radical (unpaired) electrons. The van der Waals surface area contributed by atoms with Crippen LogP contribution < -0.4 is 5.32 Å². The van der Waals surface area contributed by atoms with Crippen molar-refractivity contribution in [2.45, 2.75) is 58.9 Å². The van der Waals surface area contributed by atoms with E-state index in [0.717, 1.165) is 18.5 Å². The summed E-state index contributed by atoms with van der Waals surface area (Å²) in [5.41, 5.74) is 0.465. The third kappa shape index (κ3) is 2.30. The number of hydrogen-bond acceptors (Lipinski definition) is 2. The number of rotatable bonds is 5. The van der Waals surface area contributed by atoms with Crippen LogP contribution in [0.3, 0.4) is 0 Å². The number of thiophene rings is 1. The molecule has 2 heteroatoms. The van der Waals surface area contributed by atoms with Gasteiger partial charge in [-0.05, 0) is 50.3 Å². The summed E-state index contributed by atoms with van der Waals surface area (Å²) in [7, 11) is 0. The topological polar surface area (TPSA) is 12.0 Å². The van der Waals surface area contributed by atoms with Gasteiger partial charge in [0.15, 0.2) is 0 Å². The Morgan fingerprint density at radius 3 is 2.71 bits per heavy atom. The number of aryl methyl sites for hydroxylation is 1. The molecule has 96 valence electrons. The Kier molecular flexibility index (Phi) is 3.94. The third-order valence-corrected chi connectivity index (χ3v) is 5.68. The molecule has 0 aliphatic heterocycles. The van der Waals surface area contributed by atoms with Crippen LogP contribution in [0.4, 0.5) is 0 Å². The van der Waals surface area contributed by atoms with Crippen LogP contribution in [0.1, 0.15) is 55.7 Å². The van der Waals surface area contributed by atoms with E-state index >= 15 is 0 Å². The van der Waals surface area contributed by atoms with Gasteiger partial charge in [0.25, 0.3) is 0 Å². The van der Waals surface area contributed by atoms with Crippen molar-refractivity contribution >= 4 is 11.3 Å². The third-order valence-electron chi connectivity index (χ3n) is 4.57. The van der Waals surface area contributed by atoms with Crippen LogP contribution in [-0.4, -0.2) is 12.6 Å². The summed E-state index contributed by atoms with van der Waals surface area (Å²) in [6.07, 6.45) is 3.83. The van der Waals surface area contributed by atoms with Crippen LogP contribution in [0.5, 0.6) is 0 Å². The lowest BCUT2D eigenvalue weighted by molar-refractivity contribution is 0.0465. The average Bonchev–Trinajstić information content (AvgIpc) is 2.73. The molecule has 0 spiro atoms. The van der Waals surface area contributed by atoms with E-state index in [4.69, 9.17) is 0 Å². The first-order valence-corrected chi connectivity index (χ1v) is 7.73. The quantitative estimate of drug-likeness (QED) is 0.821. The Morgan fingerprint density at radius 1 is 1.41 bits per heavy atom. The lowest BCUT2D eigenvalue weighted by atomic mass is 9.55. The number of hydrogen-bond donors (Lipinski definition) is 1. The molecule has 1 saturated carbocycles. The van der Waals surface area contributed by atoms with E-state index < -0.39 is 0 Å². The van der Waals surface area contributed by atoms with Crippen LogP contribution in [0.25, 0.3) is 0 Å². The first-order chi connectivity index (χ1) is 8.11. The van der Waals surface area contributed by atoms with Gasteiger partial charge in [0.1, 0.15) is 0 Å². The molecule has 17 heavy (non-hydrogen) atoms. The zero-order valence-corrected chi connectivity index (χ0v) is 12.4. The Morgan fingerprint density at radius 2 is 2.18 bits per heavy atom. The minimum atomic E-state index is 0.465. The fourth-order valence-electron chi connectivity index (χ4n) is 3.07. The second-order valence-electron chi connectivity index (χ2n) is 5.60. The molecular formula is C15H25NS. The summed E-state index contributed by atoms with van der Waals surface area (Å²) in [5.74, 6) is 0.778. The molecule has 0 saturated heterocycles. The second-order valence-corrected chi connectivity index (χ2v) is 6.92. The first-order valence-electron chi connectivity index (χ1n) is 6.91. The first kappa shape index (κ1) is 13.1. The van der Waals surface area contributed by atoms with Gasteiger partial charge >= 0.3 is 0 Å². The van der Waals surface area contributed by atoms with E-state index in [1.807, 2.05) is 11.3 Å². The molecule has 1 heterocycles. The zero-order valence-electron chi connectivity index (χ0n) is 11.5. The van der Waals surface area contributed by atoms with E-state index in [1.54, 1.807) is 4.88 Å². The molecule has 1 nitrogen and oxygen atoms in total. The molecule has 1 aliphatic rings. The fraction of sp³-hybridized carbons (Fsp3) is 0.733. The highest BCUT2D eigenvalue weighted by Gasteiger charge is 2.50. The van der Waals surface area contributed by atoms with Crippen molar-refractivity contribution in [2.75, 3.05) is 6.54 Å². The minimum absolute atomic E-state index is 0.465. The van der Waals surface area contributed by atoms with Crippen LogP contribution in [0.15, 0.2) is 12.1 Å². The van der Waals surface area contributed by atoms with Gasteiger partial charge in [-0.25, -0.2) is 0 Å². The highest BCUT2D eigenvalue weighted by atomic mass is 32.1. The Labute approximate surface area is 110 Å². The highest BCUT2D eigenvalue weighted by Crippen LogP contribution is 2.56. The van der Waals surface area contributed by atoms with Gasteiger partial charge in [0.05, 0.1) is 0 Å². The van der Waals surface area contributed by atoms with Gasteiger partial charge in [-0.1, -0.05) is 20.8 Å². The monoisotopic (exact) mass is 251 g/mol. The highest BCUT2D eigenvalue weighted by molar-refractivity contribution is 7.12. The summed E-state index contributed by atoms with van der Waals surface area (Å²) < 4.78 is 0. The van der Waals surface area contributed by atoms with Crippen LogP contribution in [0.2, 0.25) is 0 Å². The minimum Gasteiger partial charge on any atom is -0.313 e. The number of nitrogens with one attached hydrogen (secondary N) is 1. The van der Waals surface area contributed by atoms with Crippen molar-refractivity contribution in [1.29, 1.82) is 0 Å². The molecule has 1 aromatic rings. The normalized spacial score (nSPS) is 32.5. The molecule has 3 atom stereocenters. The van der Waals surface area contributed by atoms with Crippen LogP contribution >= 0.6 is 11.3 Å².